The molecule has 0 spiro atoms. The summed E-state index contributed by atoms with van der Waals surface area (Å²) in [5.74, 6) is -0.297. The van der Waals surface area contributed by atoms with E-state index in [4.69, 9.17) is 0 Å². The van der Waals surface area contributed by atoms with Gasteiger partial charge in [0.2, 0.25) is 5.91 Å². The number of carbonyl (C=O) groups is 1. The zero-order chi connectivity index (χ0) is 12.3. The van der Waals surface area contributed by atoms with Crippen molar-refractivity contribution in [2.24, 2.45) is 5.92 Å². The molecular weight excluding hydrogens is 214 g/mol. The van der Waals surface area contributed by atoms with E-state index < -0.39 is 6.10 Å². The fourth-order valence-electron chi connectivity index (χ4n) is 2.30. The first-order valence-electron chi connectivity index (χ1n) is 6.22. The van der Waals surface area contributed by atoms with Crippen LogP contribution in [0.2, 0.25) is 0 Å². The van der Waals surface area contributed by atoms with Crippen molar-refractivity contribution >= 4 is 5.91 Å². The molecule has 3 nitrogen and oxygen atoms in total. The van der Waals surface area contributed by atoms with Crippen LogP contribution < -0.4 is 0 Å². The molecule has 0 aromatic heterocycles. The molecule has 2 rings (SSSR count). The number of hydrogen-bond donors (Lipinski definition) is 1. The van der Waals surface area contributed by atoms with Crippen LogP contribution in [0.5, 0.6) is 0 Å². The first-order valence-corrected chi connectivity index (χ1v) is 6.22. The van der Waals surface area contributed by atoms with Gasteiger partial charge < -0.3 is 10.0 Å². The van der Waals surface area contributed by atoms with Crippen molar-refractivity contribution in [1.82, 2.24) is 4.90 Å². The number of carbonyl (C=O) groups excluding carboxylic acids is 1. The molecule has 1 fully saturated rings. The van der Waals surface area contributed by atoms with Gasteiger partial charge in [-0.1, -0.05) is 37.3 Å². The van der Waals surface area contributed by atoms with Crippen molar-refractivity contribution in [1.29, 1.82) is 0 Å². The molecule has 1 amide bonds. The van der Waals surface area contributed by atoms with E-state index >= 15 is 0 Å². The minimum absolute atomic E-state index is 0.0684. The SMILES string of the molecule is C[C@@H](C(=O)N1CCCC1)[C@H](O)c1ccccc1. The molecule has 1 N–H and O–H groups in total. The maximum Gasteiger partial charge on any atom is 0.228 e. The van der Waals surface area contributed by atoms with Crippen LogP contribution in [-0.2, 0) is 4.79 Å². The zero-order valence-corrected chi connectivity index (χ0v) is 10.2. The molecule has 0 saturated carbocycles. The molecule has 0 aliphatic carbocycles. The Morgan fingerprint density at radius 3 is 2.41 bits per heavy atom. The Kier molecular flexibility index (Phi) is 3.79. The molecule has 1 saturated heterocycles. The lowest BCUT2D eigenvalue weighted by molar-refractivity contribution is -0.137. The lowest BCUT2D eigenvalue weighted by Gasteiger charge is -2.24. The van der Waals surface area contributed by atoms with Crippen molar-refractivity contribution < 1.29 is 9.90 Å². The molecule has 1 heterocycles. The summed E-state index contributed by atoms with van der Waals surface area (Å²) >= 11 is 0. The maximum absolute atomic E-state index is 12.1. The smallest absolute Gasteiger partial charge is 0.228 e. The molecule has 17 heavy (non-hydrogen) atoms. The van der Waals surface area contributed by atoms with Gasteiger partial charge in [-0.15, -0.1) is 0 Å². The Morgan fingerprint density at radius 2 is 1.82 bits per heavy atom. The molecule has 0 unspecified atom stereocenters. The molecule has 1 aliphatic heterocycles. The van der Waals surface area contributed by atoms with Crippen molar-refractivity contribution in [2.75, 3.05) is 13.1 Å². The summed E-state index contributed by atoms with van der Waals surface area (Å²) < 4.78 is 0. The summed E-state index contributed by atoms with van der Waals surface area (Å²) in [5, 5.41) is 10.2. The Balaban J connectivity index is 2.04. The van der Waals surface area contributed by atoms with Crippen LogP contribution in [0.4, 0.5) is 0 Å². The second kappa shape index (κ2) is 5.32. The number of benzene rings is 1. The molecule has 3 heteroatoms. The fraction of sp³-hybridized carbons (Fsp3) is 0.500. The number of amides is 1. The highest BCUT2D eigenvalue weighted by molar-refractivity contribution is 5.79. The second-order valence-electron chi connectivity index (χ2n) is 4.68. The van der Waals surface area contributed by atoms with Gasteiger partial charge in [0.15, 0.2) is 0 Å². The third-order valence-electron chi connectivity index (χ3n) is 3.42. The third-order valence-corrected chi connectivity index (χ3v) is 3.42. The van der Waals surface area contributed by atoms with Crippen LogP contribution in [0.3, 0.4) is 0 Å². The number of hydrogen-bond acceptors (Lipinski definition) is 2. The number of likely N-dealkylation sites (tertiary alicyclic amines) is 1. The average Bonchev–Trinajstić information content (AvgIpc) is 2.91. The van der Waals surface area contributed by atoms with Gasteiger partial charge in [0, 0.05) is 13.1 Å². The number of aliphatic hydroxyl groups is 1. The fourth-order valence-corrected chi connectivity index (χ4v) is 2.30. The average molecular weight is 233 g/mol. The molecule has 92 valence electrons. The van der Waals surface area contributed by atoms with Crippen LogP contribution in [0.15, 0.2) is 30.3 Å². The van der Waals surface area contributed by atoms with Gasteiger partial charge in [0.25, 0.3) is 0 Å². The molecule has 1 aromatic carbocycles. The van der Waals surface area contributed by atoms with Crippen molar-refractivity contribution in [3.63, 3.8) is 0 Å². The maximum atomic E-state index is 12.1. The number of aliphatic hydroxyl groups excluding tert-OH is 1. The summed E-state index contributed by atoms with van der Waals surface area (Å²) in [7, 11) is 0. The largest absolute Gasteiger partial charge is 0.388 e. The summed E-state index contributed by atoms with van der Waals surface area (Å²) in [6.07, 6.45) is 1.46. The van der Waals surface area contributed by atoms with E-state index in [2.05, 4.69) is 0 Å². The molecule has 0 radical (unpaired) electrons. The van der Waals surface area contributed by atoms with Crippen LogP contribution in [0.25, 0.3) is 0 Å². The predicted octanol–water partition coefficient (Wildman–Crippen LogP) is 1.98. The van der Waals surface area contributed by atoms with E-state index in [1.807, 2.05) is 35.2 Å². The monoisotopic (exact) mass is 233 g/mol. The summed E-state index contributed by atoms with van der Waals surface area (Å²) in [6.45, 7) is 3.48. The predicted molar refractivity (Wildman–Crippen MR) is 66.4 cm³/mol. The van der Waals surface area contributed by atoms with Gasteiger partial charge in [0.1, 0.15) is 0 Å². The van der Waals surface area contributed by atoms with E-state index in [0.29, 0.717) is 0 Å². The Labute approximate surface area is 102 Å². The van der Waals surface area contributed by atoms with Gasteiger partial charge in [-0.3, -0.25) is 4.79 Å². The highest BCUT2D eigenvalue weighted by Crippen LogP contribution is 2.24. The minimum atomic E-state index is -0.704. The summed E-state index contributed by atoms with van der Waals surface area (Å²) in [5.41, 5.74) is 0.813. The Bertz CT molecular complexity index is 371. The molecule has 0 bridgehead atoms. The molecular formula is C14H19NO2. The van der Waals surface area contributed by atoms with E-state index in [-0.39, 0.29) is 11.8 Å². The first-order chi connectivity index (χ1) is 8.20. The van der Waals surface area contributed by atoms with Gasteiger partial charge in [-0.2, -0.15) is 0 Å². The van der Waals surface area contributed by atoms with E-state index in [0.717, 1.165) is 31.5 Å². The van der Waals surface area contributed by atoms with E-state index in [1.165, 1.54) is 0 Å². The van der Waals surface area contributed by atoms with Crippen LogP contribution in [0.1, 0.15) is 31.4 Å². The van der Waals surface area contributed by atoms with Gasteiger partial charge >= 0.3 is 0 Å². The molecule has 2 atom stereocenters. The minimum Gasteiger partial charge on any atom is -0.388 e. The van der Waals surface area contributed by atoms with Crippen molar-refractivity contribution in [3.05, 3.63) is 35.9 Å². The normalized spacial score (nSPS) is 19.1. The zero-order valence-electron chi connectivity index (χ0n) is 10.2. The van der Waals surface area contributed by atoms with Gasteiger partial charge in [0.05, 0.1) is 12.0 Å². The molecule has 1 aliphatic rings. The summed E-state index contributed by atoms with van der Waals surface area (Å²) in [6, 6.07) is 9.39. The highest BCUT2D eigenvalue weighted by Gasteiger charge is 2.28. The first kappa shape index (κ1) is 12.1. The van der Waals surface area contributed by atoms with Gasteiger partial charge in [-0.25, -0.2) is 0 Å². The standard InChI is InChI=1S/C14H19NO2/c1-11(14(17)15-9-5-6-10-15)13(16)12-7-3-2-4-8-12/h2-4,7-8,11,13,16H,5-6,9-10H2,1H3/t11-,13+/m1/s1. The van der Waals surface area contributed by atoms with Crippen LogP contribution in [0, 0.1) is 5.92 Å². The highest BCUT2D eigenvalue weighted by atomic mass is 16.3. The Morgan fingerprint density at radius 1 is 1.24 bits per heavy atom. The van der Waals surface area contributed by atoms with Gasteiger partial charge in [-0.05, 0) is 18.4 Å². The van der Waals surface area contributed by atoms with Crippen LogP contribution >= 0.6 is 0 Å². The summed E-state index contributed by atoms with van der Waals surface area (Å²) in [4.78, 5) is 14.0. The topological polar surface area (TPSA) is 40.5 Å². The quantitative estimate of drug-likeness (QED) is 0.867. The Hall–Kier alpha value is -1.35. The molecule has 1 aromatic rings. The third kappa shape index (κ3) is 2.67. The second-order valence-corrected chi connectivity index (χ2v) is 4.68. The lowest BCUT2D eigenvalue weighted by atomic mass is 9.96. The van der Waals surface area contributed by atoms with Crippen molar-refractivity contribution in [3.8, 4) is 0 Å². The number of rotatable bonds is 3. The van der Waals surface area contributed by atoms with Crippen molar-refractivity contribution in [2.45, 2.75) is 25.9 Å². The van der Waals surface area contributed by atoms with Crippen LogP contribution in [-0.4, -0.2) is 29.0 Å². The van der Waals surface area contributed by atoms with E-state index in [1.54, 1.807) is 6.92 Å². The van der Waals surface area contributed by atoms with E-state index in [9.17, 15) is 9.90 Å². The number of nitrogens with zero attached hydrogens (tertiary/aromatic N) is 1. The lowest BCUT2D eigenvalue weighted by Crippen LogP contribution is -2.35.